The van der Waals surface area contributed by atoms with Gasteiger partial charge in [-0.2, -0.15) is 0 Å². The maximum absolute atomic E-state index is 14.6. The van der Waals surface area contributed by atoms with Crippen LogP contribution in [-0.2, 0) is 14.4 Å². The van der Waals surface area contributed by atoms with Gasteiger partial charge < -0.3 is 31.3 Å². The number of benzene rings is 2. The van der Waals surface area contributed by atoms with Crippen LogP contribution in [-0.4, -0.2) is 64.4 Å². The molecule has 2 aromatic carbocycles. The molecule has 3 aromatic rings. The second-order valence-electron chi connectivity index (χ2n) is 11.4. The van der Waals surface area contributed by atoms with Gasteiger partial charge in [-0.25, -0.2) is 18.7 Å². The van der Waals surface area contributed by atoms with E-state index in [-0.39, 0.29) is 41.3 Å². The van der Waals surface area contributed by atoms with Crippen LogP contribution < -0.4 is 26.4 Å². The first-order valence-electron chi connectivity index (χ1n) is 13.6. The Bertz CT molecular complexity index is 1570. The van der Waals surface area contributed by atoms with Gasteiger partial charge >= 0.3 is 0 Å². The Hall–Kier alpha value is -3.81. The molecule has 11 nitrogen and oxygen atoms in total. The number of nitrogens with zero attached hydrogens (tertiary/aromatic N) is 3. The average Bonchev–Trinajstić information content (AvgIpc) is 3.45. The molecule has 1 aliphatic heterocycles. The van der Waals surface area contributed by atoms with Crippen LogP contribution in [0.3, 0.4) is 0 Å². The average molecular weight is 655 g/mol. The van der Waals surface area contributed by atoms with E-state index in [2.05, 4.69) is 25.9 Å². The Morgan fingerprint density at radius 1 is 1.16 bits per heavy atom. The summed E-state index contributed by atoms with van der Waals surface area (Å²) in [6.45, 7) is 7.32. The highest BCUT2D eigenvalue weighted by Crippen LogP contribution is 2.35. The van der Waals surface area contributed by atoms with Crippen LogP contribution in [0.1, 0.15) is 40.5 Å². The molecule has 44 heavy (non-hydrogen) atoms. The maximum Gasteiger partial charge on any atom is 0.247 e. The summed E-state index contributed by atoms with van der Waals surface area (Å²) in [5.41, 5.74) is 5.63. The molecule has 2 heterocycles. The van der Waals surface area contributed by atoms with Crippen molar-refractivity contribution >= 4 is 69.8 Å². The number of halogens is 4. The van der Waals surface area contributed by atoms with Gasteiger partial charge in [0.2, 0.25) is 17.7 Å². The van der Waals surface area contributed by atoms with E-state index in [9.17, 15) is 23.2 Å². The Balaban J connectivity index is 0.00000529. The van der Waals surface area contributed by atoms with E-state index in [4.69, 9.17) is 22.1 Å². The zero-order valence-corrected chi connectivity index (χ0v) is 26.4. The molecule has 0 bridgehead atoms. The maximum atomic E-state index is 14.6. The van der Waals surface area contributed by atoms with Crippen molar-refractivity contribution in [1.29, 1.82) is 0 Å². The van der Waals surface area contributed by atoms with E-state index in [0.717, 1.165) is 6.07 Å². The smallest absolute Gasteiger partial charge is 0.247 e. The predicted octanol–water partition coefficient (Wildman–Crippen LogP) is 4.54. The molecule has 1 aromatic heterocycles. The van der Waals surface area contributed by atoms with Crippen LogP contribution in [0.5, 0.6) is 5.75 Å². The highest BCUT2D eigenvalue weighted by atomic mass is 35.5. The van der Waals surface area contributed by atoms with E-state index < -0.39 is 52.0 Å². The lowest BCUT2D eigenvalue weighted by Gasteiger charge is -2.35. The van der Waals surface area contributed by atoms with Crippen LogP contribution in [0, 0.1) is 17.0 Å². The Morgan fingerprint density at radius 3 is 2.50 bits per heavy atom. The number of nitrogens with two attached hydrogens (primary N) is 1. The summed E-state index contributed by atoms with van der Waals surface area (Å²) in [5, 5.41) is 8.10. The summed E-state index contributed by atoms with van der Waals surface area (Å²) in [6.07, 6.45) is 2.25. The van der Waals surface area contributed by atoms with Gasteiger partial charge in [0.05, 0.1) is 30.0 Å². The van der Waals surface area contributed by atoms with Crippen molar-refractivity contribution in [2.75, 3.05) is 24.3 Å². The van der Waals surface area contributed by atoms with Crippen molar-refractivity contribution in [1.82, 2.24) is 20.2 Å². The summed E-state index contributed by atoms with van der Waals surface area (Å²) in [7, 11) is 1.42. The van der Waals surface area contributed by atoms with Gasteiger partial charge in [-0.05, 0) is 43.4 Å². The first-order valence-corrected chi connectivity index (χ1v) is 14.0. The molecule has 4 rings (SSSR count). The number of hydrogen-bond acceptors (Lipinski definition) is 8. The van der Waals surface area contributed by atoms with Gasteiger partial charge in [0.1, 0.15) is 40.8 Å². The molecule has 5 N–H and O–H groups in total. The number of hydrogen-bond donors (Lipinski definition) is 4. The van der Waals surface area contributed by atoms with Crippen LogP contribution in [0.15, 0.2) is 30.6 Å². The molecule has 1 saturated heterocycles. The summed E-state index contributed by atoms with van der Waals surface area (Å²) < 4.78 is 33.8. The Kier molecular flexibility index (Phi) is 10.9. The molecule has 15 heteroatoms. The number of ether oxygens (including phenoxy) is 1. The SMILES string of the molecule is COc1cc2ncnc(Nc3ccc(F)c(Cl)c3F)c2cc1NC(=O)[C@@H]1CCCN1C(=O)[C@@H](NC(=O)[C@H](C)N)C(C)(C)C.Cl. The van der Waals surface area contributed by atoms with Crippen molar-refractivity contribution in [2.45, 2.75) is 58.7 Å². The largest absolute Gasteiger partial charge is 0.494 e. The lowest BCUT2D eigenvalue weighted by atomic mass is 9.85. The van der Waals surface area contributed by atoms with E-state index in [1.165, 1.54) is 31.3 Å². The van der Waals surface area contributed by atoms with E-state index in [1.54, 1.807) is 12.1 Å². The predicted molar refractivity (Wildman–Crippen MR) is 166 cm³/mol. The van der Waals surface area contributed by atoms with Gasteiger partial charge in [-0.3, -0.25) is 14.4 Å². The Morgan fingerprint density at radius 2 is 1.86 bits per heavy atom. The minimum absolute atomic E-state index is 0. The minimum atomic E-state index is -0.993. The van der Waals surface area contributed by atoms with Crippen LogP contribution in [0.2, 0.25) is 5.02 Å². The van der Waals surface area contributed by atoms with Gasteiger partial charge in [0, 0.05) is 18.0 Å². The van der Waals surface area contributed by atoms with Crippen LogP contribution in [0.4, 0.5) is 26.0 Å². The molecular weight excluding hydrogens is 619 g/mol. The number of methoxy groups -OCH3 is 1. The van der Waals surface area contributed by atoms with Gasteiger partial charge in [-0.1, -0.05) is 32.4 Å². The van der Waals surface area contributed by atoms with Crippen LogP contribution in [0.25, 0.3) is 10.9 Å². The fourth-order valence-corrected chi connectivity index (χ4v) is 4.97. The lowest BCUT2D eigenvalue weighted by Crippen LogP contribution is -2.59. The number of nitrogens with one attached hydrogen (secondary N) is 3. The molecule has 3 atom stereocenters. The number of fused-ring (bicyclic) bond motifs is 1. The van der Waals surface area contributed by atoms with E-state index >= 15 is 0 Å². The highest BCUT2D eigenvalue weighted by Gasteiger charge is 2.42. The minimum Gasteiger partial charge on any atom is -0.494 e. The monoisotopic (exact) mass is 653 g/mol. The number of carbonyl (C=O) groups excluding carboxylic acids is 3. The van der Waals surface area contributed by atoms with Gasteiger partial charge in [-0.15, -0.1) is 12.4 Å². The van der Waals surface area contributed by atoms with E-state index in [0.29, 0.717) is 30.3 Å². The summed E-state index contributed by atoms with van der Waals surface area (Å²) in [5.74, 6) is -2.76. The number of amides is 3. The van der Waals surface area contributed by atoms with Crippen molar-refractivity contribution in [3.05, 3.63) is 47.2 Å². The number of carbonyl (C=O) groups is 3. The number of likely N-dealkylation sites (tertiary alicyclic amines) is 1. The standard InChI is InChI=1S/C29H34ClF2N7O4.ClH/c1-14(33)26(40)38-24(29(2,3)4)28(42)39-10-6-7-20(39)27(41)37-19-11-15-18(12-21(19)43-5)34-13-35-25(15)36-17-9-8-16(31)22(30)23(17)32;/h8-9,11-14,20,24H,6-7,10,33H2,1-5H3,(H,37,41)(H,38,40)(H,34,35,36);1H/t14-,20-,24+;/m0./s1. The summed E-state index contributed by atoms with van der Waals surface area (Å²) >= 11 is 5.73. The van der Waals surface area contributed by atoms with Gasteiger partial charge in [0.25, 0.3) is 0 Å². The quantitative estimate of drug-likeness (QED) is 0.259. The van der Waals surface area contributed by atoms with Crippen LogP contribution >= 0.6 is 24.0 Å². The zero-order valence-electron chi connectivity index (χ0n) is 24.8. The summed E-state index contributed by atoms with van der Waals surface area (Å²) in [4.78, 5) is 49.6. The molecule has 0 aliphatic carbocycles. The summed E-state index contributed by atoms with van der Waals surface area (Å²) in [6, 6.07) is 2.81. The van der Waals surface area contributed by atoms with E-state index in [1.807, 2.05) is 20.8 Å². The lowest BCUT2D eigenvalue weighted by molar-refractivity contribution is -0.142. The van der Waals surface area contributed by atoms with Crippen molar-refractivity contribution in [3.63, 3.8) is 0 Å². The second-order valence-corrected chi connectivity index (χ2v) is 11.8. The topological polar surface area (TPSA) is 152 Å². The Labute approximate surface area is 264 Å². The molecule has 1 aliphatic rings. The molecular formula is C29H35Cl2F2N7O4. The number of rotatable bonds is 8. The molecule has 0 radical (unpaired) electrons. The molecule has 3 amide bonds. The molecule has 0 unspecified atom stereocenters. The molecule has 0 spiro atoms. The molecule has 0 saturated carbocycles. The highest BCUT2D eigenvalue weighted by molar-refractivity contribution is 6.31. The fourth-order valence-electron chi connectivity index (χ4n) is 4.81. The van der Waals surface area contributed by atoms with Crippen molar-refractivity contribution in [3.8, 4) is 5.75 Å². The zero-order chi connectivity index (χ0) is 31.6. The third-order valence-electron chi connectivity index (χ3n) is 7.15. The van der Waals surface area contributed by atoms with Gasteiger partial charge in [0.15, 0.2) is 5.82 Å². The third kappa shape index (κ3) is 7.28. The first-order chi connectivity index (χ1) is 20.2. The van der Waals surface area contributed by atoms with Crippen molar-refractivity contribution < 1.29 is 27.9 Å². The fraction of sp³-hybridized carbons (Fsp3) is 0.414. The first kappa shape index (κ1) is 34.7. The third-order valence-corrected chi connectivity index (χ3v) is 7.50. The molecule has 1 fully saturated rings. The molecule has 238 valence electrons. The second kappa shape index (κ2) is 13.9. The normalized spacial score (nSPS) is 16.1. The van der Waals surface area contributed by atoms with Crippen molar-refractivity contribution in [2.24, 2.45) is 11.1 Å². The number of anilines is 3. The number of aromatic nitrogens is 2.